The zero-order valence-corrected chi connectivity index (χ0v) is 12.5. The number of carbonyl (C=O) groups is 2. The maximum absolute atomic E-state index is 12.2. The number of carboxylic acids is 1. The van der Waals surface area contributed by atoms with Crippen molar-refractivity contribution in [3.05, 3.63) is 0 Å². The summed E-state index contributed by atoms with van der Waals surface area (Å²) in [6.45, 7) is 4.21. The molecule has 1 N–H and O–H groups in total. The topological polar surface area (TPSA) is 60.9 Å². The van der Waals surface area contributed by atoms with Crippen molar-refractivity contribution in [3.63, 3.8) is 0 Å². The van der Waals surface area contributed by atoms with Crippen LogP contribution in [0.5, 0.6) is 0 Å². The molecule has 106 valence electrons. The van der Waals surface area contributed by atoms with Crippen LogP contribution in [0.2, 0.25) is 0 Å². The molecule has 0 aliphatic rings. The van der Waals surface area contributed by atoms with Crippen LogP contribution in [0.25, 0.3) is 0 Å². The Morgan fingerprint density at radius 3 is 2.33 bits per heavy atom. The molecule has 0 aliphatic heterocycles. The third kappa shape index (κ3) is 5.62. The number of nitrogens with zero attached hydrogens (tertiary/aromatic N) is 2. The van der Waals surface area contributed by atoms with Crippen LogP contribution in [-0.2, 0) is 4.79 Å². The molecule has 0 radical (unpaired) electrons. The molecule has 0 fully saturated rings. The molecule has 0 bridgehead atoms. The highest BCUT2D eigenvalue weighted by atomic mass is 32.2. The van der Waals surface area contributed by atoms with E-state index in [0.717, 1.165) is 18.6 Å². The summed E-state index contributed by atoms with van der Waals surface area (Å²) in [5.41, 5.74) is 0. The molecule has 0 aromatic heterocycles. The Hall–Kier alpha value is -0.910. The lowest BCUT2D eigenvalue weighted by molar-refractivity contribution is -0.137. The van der Waals surface area contributed by atoms with E-state index in [1.165, 1.54) is 4.90 Å². The van der Waals surface area contributed by atoms with Gasteiger partial charge in [0, 0.05) is 25.4 Å². The molecule has 0 rings (SSSR count). The molecular formula is C12H24N2O3S. The summed E-state index contributed by atoms with van der Waals surface area (Å²) >= 11 is 1.69. The molecule has 0 saturated heterocycles. The van der Waals surface area contributed by atoms with Gasteiger partial charge in [0.1, 0.15) is 6.54 Å². The van der Waals surface area contributed by atoms with E-state index in [1.54, 1.807) is 23.7 Å². The molecule has 5 nitrogen and oxygen atoms in total. The fourth-order valence-corrected chi connectivity index (χ4v) is 2.59. The van der Waals surface area contributed by atoms with E-state index in [4.69, 9.17) is 5.11 Å². The summed E-state index contributed by atoms with van der Waals surface area (Å²) in [5.74, 6) is -0.102. The van der Waals surface area contributed by atoms with Gasteiger partial charge in [-0.15, -0.1) is 0 Å². The van der Waals surface area contributed by atoms with E-state index < -0.39 is 5.97 Å². The largest absolute Gasteiger partial charge is 0.480 e. The van der Waals surface area contributed by atoms with Gasteiger partial charge >= 0.3 is 12.0 Å². The molecule has 0 saturated carbocycles. The zero-order chi connectivity index (χ0) is 14.1. The highest BCUT2D eigenvalue weighted by molar-refractivity contribution is 7.98. The van der Waals surface area contributed by atoms with E-state index in [0.29, 0.717) is 6.54 Å². The standard InChI is InChI=1S/C12H24N2O3S/c1-5-7-14(8-11(15)16)12(17)13(3)10(6-2)9-18-4/h10H,5-9H2,1-4H3,(H,15,16). The minimum absolute atomic E-state index is 0.153. The maximum atomic E-state index is 12.2. The smallest absolute Gasteiger partial charge is 0.323 e. The normalized spacial score (nSPS) is 12.0. The molecule has 0 aromatic rings. The van der Waals surface area contributed by atoms with Gasteiger partial charge in [-0.3, -0.25) is 4.79 Å². The summed E-state index contributed by atoms with van der Waals surface area (Å²) < 4.78 is 0. The second-order valence-electron chi connectivity index (χ2n) is 4.23. The number of thioether (sulfide) groups is 1. The summed E-state index contributed by atoms with van der Waals surface area (Å²) in [5, 5.41) is 8.82. The third-order valence-electron chi connectivity index (χ3n) is 2.77. The lowest BCUT2D eigenvalue weighted by Gasteiger charge is -2.32. The Bertz CT molecular complexity index is 274. The van der Waals surface area contributed by atoms with Crippen LogP contribution < -0.4 is 0 Å². The Morgan fingerprint density at radius 1 is 1.33 bits per heavy atom. The molecule has 0 aliphatic carbocycles. The number of amides is 2. The first-order chi connectivity index (χ1) is 8.47. The molecule has 0 aromatic carbocycles. The van der Waals surface area contributed by atoms with Gasteiger partial charge in [-0.05, 0) is 19.1 Å². The second-order valence-corrected chi connectivity index (χ2v) is 5.14. The van der Waals surface area contributed by atoms with E-state index in [9.17, 15) is 9.59 Å². The number of rotatable bonds is 8. The van der Waals surface area contributed by atoms with Crippen LogP contribution in [0.3, 0.4) is 0 Å². The van der Waals surface area contributed by atoms with Crippen molar-refractivity contribution in [2.45, 2.75) is 32.7 Å². The summed E-state index contributed by atoms with van der Waals surface area (Å²) in [4.78, 5) is 26.0. The lowest BCUT2D eigenvalue weighted by atomic mass is 10.2. The van der Waals surface area contributed by atoms with Crippen molar-refractivity contribution < 1.29 is 14.7 Å². The van der Waals surface area contributed by atoms with Crippen molar-refractivity contribution >= 4 is 23.8 Å². The number of hydrogen-bond donors (Lipinski definition) is 1. The van der Waals surface area contributed by atoms with E-state index in [2.05, 4.69) is 0 Å². The first kappa shape index (κ1) is 17.1. The Labute approximate surface area is 114 Å². The zero-order valence-electron chi connectivity index (χ0n) is 11.7. The molecule has 6 heteroatoms. The fourth-order valence-electron chi connectivity index (χ4n) is 1.75. The molecular weight excluding hydrogens is 252 g/mol. The fraction of sp³-hybridized carbons (Fsp3) is 0.833. The molecule has 0 spiro atoms. The van der Waals surface area contributed by atoms with Crippen LogP contribution in [0.15, 0.2) is 0 Å². The van der Waals surface area contributed by atoms with Crippen LogP contribution >= 0.6 is 11.8 Å². The van der Waals surface area contributed by atoms with Crippen molar-refractivity contribution in [2.75, 3.05) is 32.1 Å². The molecule has 1 unspecified atom stereocenters. The van der Waals surface area contributed by atoms with E-state index >= 15 is 0 Å². The summed E-state index contributed by atoms with van der Waals surface area (Å²) in [7, 11) is 1.75. The predicted molar refractivity (Wildman–Crippen MR) is 75.1 cm³/mol. The number of aliphatic carboxylic acids is 1. The second kappa shape index (κ2) is 9.08. The first-order valence-corrected chi connectivity index (χ1v) is 7.59. The van der Waals surface area contributed by atoms with E-state index in [-0.39, 0.29) is 18.6 Å². The van der Waals surface area contributed by atoms with Gasteiger partial charge in [-0.2, -0.15) is 11.8 Å². The van der Waals surface area contributed by atoms with Crippen molar-refractivity contribution in [2.24, 2.45) is 0 Å². The predicted octanol–water partition coefficient (Wildman–Crippen LogP) is 1.98. The summed E-state index contributed by atoms with van der Waals surface area (Å²) in [6, 6.07) is -0.0409. The monoisotopic (exact) mass is 276 g/mol. The highest BCUT2D eigenvalue weighted by Crippen LogP contribution is 2.11. The Kier molecular flexibility index (Phi) is 8.62. The number of hydrogen-bond acceptors (Lipinski definition) is 3. The minimum atomic E-state index is -0.969. The maximum Gasteiger partial charge on any atom is 0.323 e. The SMILES string of the molecule is CCCN(CC(=O)O)C(=O)N(C)C(CC)CSC. The van der Waals surface area contributed by atoms with Crippen molar-refractivity contribution in [1.29, 1.82) is 0 Å². The summed E-state index contributed by atoms with van der Waals surface area (Å²) in [6.07, 6.45) is 3.63. The first-order valence-electron chi connectivity index (χ1n) is 6.20. The van der Waals surface area contributed by atoms with Gasteiger partial charge in [0.05, 0.1) is 0 Å². The molecule has 18 heavy (non-hydrogen) atoms. The van der Waals surface area contributed by atoms with Gasteiger partial charge in [0.15, 0.2) is 0 Å². The van der Waals surface area contributed by atoms with Gasteiger partial charge in [-0.25, -0.2) is 4.79 Å². The van der Waals surface area contributed by atoms with Crippen molar-refractivity contribution in [1.82, 2.24) is 9.80 Å². The van der Waals surface area contributed by atoms with Crippen LogP contribution in [-0.4, -0.2) is 65.1 Å². The number of carbonyl (C=O) groups excluding carboxylic acids is 1. The third-order valence-corrected chi connectivity index (χ3v) is 3.49. The lowest BCUT2D eigenvalue weighted by Crippen LogP contribution is -2.48. The van der Waals surface area contributed by atoms with Gasteiger partial charge in [0.25, 0.3) is 0 Å². The quantitative estimate of drug-likeness (QED) is 0.736. The average Bonchev–Trinajstić information content (AvgIpc) is 2.33. The number of carboxylic acid groups (broad SMARTS) is 1. The average molecular weight is 276 g/mol. The number of urea groups is 1. The van der Waals surface area contributed by atoms with Gasteiger partial charge in [0.2, 0.25) is 0 Å². The Balaban J connectivity index is 4.66. The Morgan fingerprint density at radius 2 is 1.94 bits per heavy atom. The van der Waals surface area contributed by atoms with Crippen LogP contribution in [0.4, 0.5) is 4.79 Å². The molecule has 1 atom stereocenters. The molecule has 0 heterocycles. The van der Waals surface area contributed by atoms with E-state index in [1.807, 2.05) is 20.1 Å². The van der Waals surface area contributed by atoms with Gasteiger partial charge in [-0.1, -0.05) is 13.8 Å². The van der Waals surface area contributed by atoms with Crippen LogP contribution in [0, 0.1) is 0 Å². The minimum Gasteiger partial charge on any atom is -0.480 e. The van der Waals surface area contributed by atoms with Crippen LogP contribution in [0.1, 0.15) is 26.7 Å². The van der Waals surface area contributed by atoms with Gasteiger partial charge < -0.3 is 14.9 Å². The van der Waals surface area contributed by atoms with Crippen molar-refractivity contribution in [3.8, 4) is 0 Å². The highest BCUT2D eigenvalue weighted by Gasteiger charge is 2.24. The molecule has 2 amide bonds.